The predicted molar refractivity (Wildman–Crippen MR) is 157 cm³/mol. The number of benzene rings is 2. The quantitative estimate of drug-likeness (QED) is 0.378. The first kappa shape index (κ1) is 31.4. The number of aliphatic hydroxyl groups is 1. The minimum absolute atomic E-state index is 0.0992. The number of nitrogens with two attached hydrogens (primary N) is 1. The van der Waals surface area contributed by atoms with Gasteiger partial charge in [0.2, 0.25) is 17.7 Å². The van der Waals surface area contributed by atoms with Gasteiger partial charge < -0.3 is 31.1 Å². The molecule has 1 aliphatic carbocycles. The number of hydrogen-bond donors (Lipinski definition) is 4. The summed E-state index contributed by atoms with van der Waals surface area (Å²) in [7, 11) is 1.48. The third-order valence-corrected chi connectivity index (χ3v) is 8.33. The number of aryl methyl sites for hydroxylation is 1. The molecule has 1 saturated carbocycles. The van der Waals surface area contributed by atoms with E-state index in [-0.39, 0.29) is 37.3 Å². The summed E-state index contributed by atoms with van der Waals surface area (Å²) in [6.45, 7) is 2.63. The summed E-state index contributed by atoms with van der Waals surface area (Å²) in [6, 6.07) is 10.8. The van der Waals surface area contributed by atoms with Gasteiger partial charge in [-0.05, 0) is 73.8 Å². The van der Waals surface area contributed by atoms with Crippen molar-refractivity contribution in [2.24, 2.45) is 5.73 Å². The Balaban J connectivity index is 1.59. The number of rotatable bonds is 8. The molecule has 2 aromatic carbocycles. The van der Waals surface area contributed by atoms with Gasteiger partial charge in [0.05, 0.1) is 25.2 Å². The standard InChI is InChI=1S/C32H43FN4O5/c1-3-21-8-7-9-23(14-21)32(11-12-32)35-20-28(38)26-17-22-15-24(33)18-25(16-22)42-13-6-4-5-10-30(40)37(2)27(19-29(34)39)31(41)36-26/h7-9,14-16,18,26-28,35,38H,3-6,10-13,17,19-20H2,1-2H3,(H2,34,39)(H,36,41)/t26-,27?,28+/m0/s1. The molecule has 1 heterocycles. The number of likely N-dealkylation sites (N-methyl/N-ethyl adjacent to an activating group) is 1. The Labute approximate surface area is 247 Å². The fourth-order valence-corrected chi connectivity index (χ4v) is 5.55. The highest BCUT2D eigenvalue weighted by molar-refractivity contribution is 5.91. The van der Waals surface area contributed by atoms with Crippen LogP contribution in [0.3, 0.4) is 0 Å². The maximum Gasteiger partial charge on any atom is 0.243 e. The first-order chi connectivity index (χ1) is 20.1. The zero-order chi connectivity index (χ0) is 30.3. The van der Waals surface area contributed by atoms with E-state index in [0.29, 0.717) is 37.2 Å². The Morgan fingerprint density at radius 3 is 2.71 bits per heavy atom. The molecule has 0 radical (unpaired) electrons. The molecule has 10 heteroatoms. The highest BCUT2D eigenvalue weighted by Gasteiger charge is 2.44. The van der Waals surface area contributed by atoms with Crippen LogP contribution in [0.25, 0.3) is 0 Å². The molecular weight excluding hydrogens is 539 g/mol. The smallest absolute Gasteiger partial charge is 0.243 e. The number of halogens is 1. The summed E-state index contributed by atoms with van der Waals surface area (Å²) >= 11 is 0. The molecule has 1 aliphatic heterocycles. The van der Waals surface area contributed by atoms with Crippen LogP contribution < -0.4 is 21.1 Å². The normalized spacial score (nSPS) is 22.1. The van der Waals surface area contributed by atoms with E-state index in [2.05, 4.69) is 35.8 Å². The van der Waals surface area contributed by atoms with Crippen LogP contribution in [0.4, 0.5) is 4.39 Å². The topological polar surface area (TPSA) is 134 Å². The second-order valence-electron chi connectivity index (χ2n) is 11.5. The molecule has 2 aliphatic rings. The van der Waals surface area contributed by atoms with Crippen LogP contribution in [0.5, 0.6) is 5.75 Å². The van der Waals surface area contributed by atoms with Gasteiger partial charge in [0.25, 0.3) is 0 Å². The summed E-state index contributed by atoms with van der Waals surface area (Å²) in [5, 5.41) is 17.8. The zero-order valence-electron chi connectivity index (χ0n) is 24.5. The van der Waals surface area contributed by atoms with Gasteiger partial charge in [0.1, 0.15) is 17.6 Å². The van der Waals surface area contributed by atoms with E-state index in [4.69, 9.17) is 10.5 Å². The predicted octanol–water partition coefficient (Wildman–Crippen LogP) is 2.71. The number of hydrogen-bond acceptors (Lipinski definition) is 6. The Kier molecular flexibility index (Phi) is 10.6. The lowest BCUT2D eigenvalue weighted by Crippen LogP contribution is -2.56. The molecule has 0 saturated heterocycles. The van der Waals surface area contributed by atoms with Crippen LogP contribution in [0.2, 0.25) is 0 Å². The molecule has 4 rings (SSSR count). The van der Waals surface area contributed by atoms with Crippen molar-refractivity contribution in [2.45, 2.75) is 88.4 Å². The second-order valence-corrected chi connectivity index (χ2v) is 11.5. The van der Waals surface area contributed by atoms with Crippen LogP contribution >= 0.6 is 0 Å². The fraction of sp³-hybridized carbons (Fsp3) is 0.531. The maximum atomic E-state index is 14.6. The highest BCUT2D eigenvalue weighted by Crippen LogP contribution is 2.45. The number of amides is 3. The Bertz CT molecular complexity index is 1270. The molecule has 0 aromatic heterocycles. The lowest BCUT2D eigenvalue weighted by atomic mass is 9.97. The number of carbonyl (C=O) groups excluding carboxylic acids is 3. The number of fused-ring (bicyclic) bond motifs is 2. The van der Waals surface area contributed by atoms with Gasteiger partial charge in [0.15, 0.2) is 0 Å². The third-order valence-electron chi connectivity index (χ3n) is 8.33. The number of nitrogens with zero attached hydrogens (tertiary/aromatic N) is 1. The van der Waals surface area contributed by atoms with E-state index in [0.717, 1.165) is 24.8 Å². The molecule has 2 aromatic rings. The van der Waals surface area contributed by atoms with Crippen molar-refractivity contribution in [3.8, 4) is 5.75 Å². The third kappa shape index (κ3) is 8.29. The van der Waals surface area contributed by atoms with E-state index in [9.17, 15) is 23.9 Å². The van der Waals surface area contributed by atoms with Gasteiger partial charge >= 0.3 is 0 Å². The maximum absolute atomic E-state index is 14.6. The van der Waals surface area contributed by atoms with E-state index in [1.165, 1.54) is 29.6 Å². The molecule has 228 valence electrons. The molecule has 3 amide bonds. The number of aliphatic hydroxyl groups excluding tert-OH is 1. The second kappa shape index (κ2) is 14.1. The van der Waals surface area contributed by atoms with Crippen LogP contribution in [-0.4, -0.2) is 66.1 Å². The SMILES string of the molecule is CCc1cccc(C2(NC[C@@H](O)[C@@H]3Cc4cc(F)cc(c4)OCCCCCC(=O)N(C)C(CC(N)=O)C(=O)N3)CC2)c1. The van der Waals surface area contributed by atoms with Crippen LogP contribution in [0, 0.1) is 5.82 Å². The van der Waals surface area contributed by atoms with Crippen molar-refractivity contribution in [3.05, 3.63) is 65.0 Å². The minimum Gasteiger partial charge on any atom is -0.493 e. The minimum atomic E-state index is -1.14. The van der Waals surface area contributed by atoms with Crippen molar-refractivity contribution in [3.63, 3.8) is 0 Å². The van der Waals surface area contributed by atoms with Gasteiger partial charge in [-0.2, -0.15) is 0 Å². The van der Waals surface area contributed by atoms with E-state index in [1.54, 1.807) is 6.07 Å². The number of ether oxygens (including phenoxy) is 1. The molecule has 5 N–H and O–H groups in total. The molecular formula is C32H43FN4O5. The average Bonchev–Trinajstić information content (AvgIpc) is 3.76. The summed E-state index contributed by atoms with van der Waals surface area (Å²) < 4.78 is 20.3. The summed E-state index contributed by atoms with van der Waals surface area (Å²) in [5.74, 6) is -1.72. The molecule has 42 heavy (non-hydrogen) atoms. The van der Waals surface area contributed by atoms with Gasteiger partial charge in [0, 0.05) is 31.6 Å². The number of nitrogens with one attached hydrogen (secondary N) is 2. The lowest BCUT2D eigenvalue weighted by Gasteiger charge is -2.31. The summed E-state index contributed by atoms with van der Waals surface area (Å²) in [4.78, 5) is 39.6. The van der Waals surface area contributed by atoms with E-state index < -0.39 is 35.8 Å². The Morgan fingerprint density at radius 2 is 2.00 bits per heavy atom. The molecule has 1 unspecified atom stereocenters. The lowest BCUT2D eigenvalue weighted by molar-refractivity contribution is -0.141. The van der Waals surface area contributed by atoms with Crippen molar-refractivity contribution < 1.29 is 28.6 Å². The van der Waals surface area contributed by atoms with Gasteiger partial charge in [-0.1, -0.05) is 31.2 Å². The first-order valence-electron chi connectivity index (χ1n) is 14.9. The number of carbonyl (C=O) groups is 3. The summed E-state index contributed by atoms with van der Waals surface area (Å²) in [6.07, 6.45) is 3.58. The van der Waals surface area contributed by atoms with Gasteiger partial charge in [-0.3, -0.25) is 14.4 Å². The monoisotopic (exact) mass is 582 g/mol. The Hall–Kier alpha value is -3.50. The van der Waals surface area contributed by atoms with Crippen molar-refractivity contribution >= 4 is 17.7 Å². The van der Waals surface area contributed by atoms with Crippen molar-refractivity contribution in [1.29, 1.82) is 0 Å². The zero-order valence-corrected chi connectivity index (χ0v) is 24.5. The largest absolute Gasteiger partial charge is 0.493 e. The average molecular weight is 583 g/mol. The summed E-state index contributed by atoms with van der Waals surface area (Å²) in [5.41, 5.74) is 8.12. The van der Waals surface area contributed by atoms with E-state index >= 15 is 0 Å². The van der Waals surface area contributed by atoms with Crippen LogP contribution in [0.1, 0.15) is 68.6 Å². The molecule has 9 nitrogen and oxygen atoms in total. The molecule has 1 fully saturated rings. The Morgan fingerprint density at radius 1 is 1.21 bits per heavy atom. The molecule has 0 spiro atoms. The van der Waals surface area contributed by atoms with Gasteiger partial charge in [-0.25, -0.2) is 4.39 Å². The van der Waals surface area contributed by atoms with Crippen molar-refractivity contribution in [2.75, 3.05) is 20.2 Å². The van der Waals surface area contributed by atoms with Gasteiger partial charge in [-0.15, -0.1) is 0 Å². The first-order valence-corrected chi connectivity index (χ1v) is 14.9. The van der Waals surface area contributed by atoms with Crippen LogP contribution in [-0.2, 0) is 32.8 Å². The van der Waals surface area contributed by atoms with Crippen molar-refractivity contribution in [1.82, 2.24) is 15.5 Å². The molecule has 3 atom stereocenters. The highest BCUT2D eigenvalue weighted by atomic mass is 19.1. The number of primary amides is 1. The fourth-order valence-electron chi connectivity index (χ4n) is 5.55. The van der Waals surface area contributed by atoms with Crippen LogP contribution in [0.15, 0.2) is 42.5 Å². The molecule has 2 bridgehead atoms. The van der Waals surface area contributed by atoms with E-state index in [1.807, 2.05) is 6.07 Å².